The number of carboxylic acids is 1. The third-order valence-electron chi connectivity index (χ3n) is 3.13. The van der Waals surface area contributed by atoms with Gasteiger partial charge in [0.25, 0.3) is 0 Å². The molecular weight excluding hydrogens is 252 g/mol. The summed E-state index contributed by atoms with van der Waals surface area (Å²) in [4.78, 5) is 22.6. The lowest BCUT2D eigenvalue weighted by Crippen LogP contribution is -2.46. The van der Waals surface area contributed by atoms with Crippen LogP contribution in [0.4, 0.5) is 0 Å². The number of nitrogens with zero attached hydrogens (tertiary/aromatic N) is 1. The van der Waals surface area contributed by atoms with E-state index in [4.69, 9.17) is 10.4 Å². The quantitative estimate of drug-likeness (QED) is 0.790. The number of nitrogens with one attached hydrogen (secondary N) is 1. The normalized spacial score (nSPS) is 18.1. The lowest BCUT2D eigenvalue weighted by Gasteiger charge is -2.23. The summed E-state index contributed by atoms with van der Waals surface area (Å²) >= 11 is 1.07. The van der Waals surface area contributed by atoms with Crippen molar-refractivity contribution < 1.29 is 14.7 Å². The van der Waals surface area contributed by atoms with Crippen LogP contribution in [-0.4, -0.2) is 33.0 Å². The molecule has 6 heteroatoms. The van der Waals surface area contributed by atoms with Gasteiger partial charge < -0.3 is 10.4 Å². The van der Waals surface area contributed by atoms with Gasteiger partial charge in [0, 0.05) is 0 Å². The van der Waals surface area contributed by atoms with E-state index in [1.54, 1.807) is 13.8 Å². The van der Waals surface area contributed by atoms with Crippen LogP contribution in [-0.2, 0) is 9.59 Å². The largest absolute Gasteiger partial charge is 0.480 e. The molecule has 1 aliphatic rings. The Bertz CT molecular complexity index is 381. The molecule has 0 spiro atoms. The van der Waals surface area contributed by atoms with Gasteiger partial charge in [-0.1, -0.05) is 0 Å². The summed E-state index contributed by atoms with van der Waals surface area (Å²) in [6.45, 7) is 3.12. The van der Waals surface area contributed by atoms with Gasteiger partial charge in [0.1, 0.15) is 10.3 Å². The highest BCUT2D eigenvalue weighted by Crippen LogP contribution is 2.29. The maximum absolute atomic E-state index is 11.8. The van der Waals surface area contributed by atoms with Crippen molar-refractivity contribution in [1.82, 2.24) is 5.32 Å². The molecule has 0 radical (unpaired) electrons. The van der Waals surface area contributed by atoms with Gasteiger partial charge in [0.05, 0.1) is 11.8 Å². The van der Waals surface area contributed by atoms with Crippen LogP contribution in [0.5, 0.6) is 0 Å². The maximum Gasteiger partial charge on any atom is 0.319 e. The van der Waals surface area contributed by atoms with Crippen LogP contribution >= 0.6 is 11.8 Å². The summed E-state index contributed by atoms with van der Waals surface area (Å²) in [7, 11) is 0. The Morgan fingerprint density at radius 3 is 2.44 bits per heavy atom. The zero-order valence-corrected chi connectivity index (χ0v) is 11.5. The molecular formula is C12H18N2O3S. The highest BCUT2D eigenvalue weighted by atomic mass is 32.2. The van der Waals surface area contributed by atoms with Crippen LogP contribution in [0.15, 0.2) is 0 Å². The molecule has 0 aliphatic heterocycles. The molecule has 1 aliphatic carbocycles. The number of aliphatic carboxylic acids is 1. The average molecular weight is 270 g/mol. The SMILES string of the molecule is CC(C)(SCC(=O)NC1(C#N)CCCC1)C(=O)O. The molecule has 0 saturated heterocycles. The molecule has 0 unspecified atom stereocenters. The number of nitriles is 1. The van der Waals surface area contributed by atoms with E-state index in [9.17, 15) is 9.59 Å². The van der Waals surface area contributed by atoms with E-state index in [-0.39, 0.29) is 11.7 Å². The number of hydrogen-bond donors (Lipinski definition) is 2. The van der Waals surface area contributed by atoms with Crippen LogP contribution in [0, 0.1) is 11.3 Å². The maximum atomic E-state index is 11.8. The molecule has 5 nitrogen and oxygen atoms in total. The number of carboxylic acid groups (broad SMARTS) is 1. The number of amides is 1. The van der Waals surface area contributed by atoms with E-state index in [1.165, 1.54) is 0 Å². The first-order valence-corrected chi connectivity index (χ1v) is 6.89. The molecule has 1 saturated carbocycles. The van der Waals surface area contributed by atoms with E-state index < -0.39 is 16.3 Å². The molecule has 1 amide bonds. The molecule has 0 atom stereocenters. The number of thioether (sulfide) groups is 1. The smallest absolute Gasteiger partial charge is 0.319 e. The first-order valence-electron chi connectivity index (χ1n) is 5.91. The van der Waals surface area contributed by atoms with Crippen LogP contribution < -0.4 is 5.32 Å². The van der Waals surface area contributed by atoms with Gasteiger partial charge >= 0.3 is 5.97 Å². The van der Waals surface area contributed by atoms with Crippen LogP contribution in [0.25, 0.3) is 0 Å². The highest BCUT2D eigenvalue weighted by molar-refractivity contribution is 8.01. The second-order valence-electron chi connectivity index (χ2n) is 5.05. The molecule has 1 rings (SSSR count). The van der Waals surface area contributed by atoms with Crippen molar-refractivity contribution in [2.45, 2.75) is 49.8 Å². The number of carbonyl (C=O) groups excluding carboxylic acids is 1. The van der Waals surface area contributed by atoms with E-state index in [0.29, 0.717) is 12.8 Å². The Morgan fingerprint density at radius 2 is 2.00 bits per heavy atom. The van der Waals surface area contributed by atoms with Crippen molar-refractivity contribution in [3.8, 4) is 6.07 Å². The van der Waals surface area contributed by atoms with E-state index >= 15 is 0 Å². The predicted molar refractivity (Wildman–Crippen MR) is 69.1 cm³/mol. The summed E-state index contributed by atoms with van der Waals surface area (Å²) in [5.41, 5.74) is -0.731. The zero-order chi connectivity index (χ0) is 13.8. The summed E-state index contributed by atoms with van der Waals surface area (Å²) in [6, 6.07) is 2.17. The van der Waals surface area contributed by atoms with Gasteiger partial charge in [-0.25, -0.2) is 0 Å². The van der Waals surface area contributed by atoms with Crippen LogP contribution in [0.3, 0.4) is 0 Å². The Morgan fingerprint density at radius 1 is 1.44 bits per heavy atom. The predicted octanol–water partition coefficient (Wildman–Crippen LogP) is 1.54. The standard InChI is InChI=1S/C12H18N2O3S/c1-11(2,10(16)17)18-7-9(15)14-12(8-13)5-3-4-6-12/h3-7H2,1-2H3,(H,14,15)(H,16,17). The molecule has 0 bridgehead atoms. The second kappa shape index (κ2) is 5.61. The van der Waals surface area contributed by atoms with E-state index in [1.807, 2.05) is 0 Å². The van der Waals surface area contributed by atoms with Crippen LogP contribution in [0.1, 0.15) is 39.5 Å². The van der Waals surface area contributed by atoms with E-state index in [0.717, 1.165) is 24.6 Å². The third kappa shape index (κ3) is 3.64. The monoisotopic (exact) mass is 270 g/mol. The van der Waals surface area contributed by atoms with Gasteiger partial charge in [0.2, 0.25) is 5.91 Å². The minimum Gasteiger partial charge on any atom is -0.480 e. The Balaban J connectivity index is 2.48. The lowest BCUT2D eigenvalue weighted by molar-refractivity contribution is -0.138. The van der Waals surface area contributed by atoms with Gasteiger partial charge in [-0.2, -0.15) is 5.26 Å². The van der Waals surface area contributed by atoms with Crippen molar-refractivity contribution in [2.75, 3.05) is 5.75 Å². The molecule has 0 aromatic carbocycles. The van der Waals surface area contributed by atoms with Crippen molar-refractivity contribution in [1.29, 1.82) is 5.26 Å². The number of carbonyl (C=O) groups is 2. The van der Waals surface area contributed by atoms with E-state index in [2.05, 4.69) is 11.4 Å². The average Bonchev–Trinajstić information content (AvgIpc) is 2.75. The first kappa shape index (κ1) is 14.8. The fourth-order valence-corrected chi connectivity index (χ4v) is 2.54. The molecule has 100 valence electrons. The highest BCUT2D eigenvalue weighted by Gasteiger charge is 2.36. The third-order valence-corrected chi connectivity index (χ3v) is 4.43. The van der Waals surface area contributed by atoms with Gasteiger partial charge in [0.15, 0.2) is 0 Å². The molecule has 0 aromatic heterocycles. The summed E-state index contributed by atoms with van der Waals surface area (Å²) < 4.78 is -0.993. The second-order valence-corrected chi connectivity index (χ2v) is 6.65. The Kier molecular flexibility index (Phi) is 4.63. The Hall–Kier alpha value is -1.22. The fourth-order valence-electron chi connectivity index (χ4n) is 1.85. The topological polar surface area (TPSA) is 90.2 Å². The summed E-state index contributed by atoms with van der Waals surface area (Å²) in [5, 5.41) is 20.8. The van der Waals surface area contributed by atoms with Gasteiger partial charge in [-0.15, -0.1) is 11.8 Å². The zero-order valence-electron chi connectivity index (χ0n) is 10.7. The first-order chi connectivity index (χ1) is 8.31. The molecule has 0 aromatic rings. The van der Waals surface area contributed by atoms with Crippen molar-refractivity contribution >= 4 is 23.6 Å². The summed E-state index contributed by atoms with van der Waals surface area (Å²) in [6.07, 6.45) is 3.26. The molecule has 0 heterocycles. The Labute approximate surface area is 111 Å². The molecule has 18 heavy (non-hydrogen) atoms. The van der Waals surface area contributed by atoms with Crippen molar-refractivity contribution in [3.05, 3.63) is 0 Å². The fraction of sp³-hybridized carbons (Fsp3) is 0.750. The van der Waals surface area contributed by atoms with Gasteiger partial charge in [-0.3, -0.25) is 9.59 Å². The van der Waals surface area contributed by atoms with Gasteiger partial charge in [-0.05, 0) is 39.5 Å². The minimum atomic E-state index is -0.993. The number of hydrogen-bond acceptors (Lipinski definition) is 4. The molecule has 1 fully saturated rings. The summed E-state index contributed by atoms with van der Waals surface area (Å²) in [5.74, 6) is -1.16. The number of rotatable bonds is 5. The lowest BCUT2D eigenvalue weighted by atomic mass is 10.0. The van der Waals surface area contributed by atoms with Crippen LogP contribution in [0.2, 0.25) is 0 Å². The molecule has 2 N–H and O–H groups in total. The minimum absolute atomic E-state index is 0.0583. The van der Waals surface area contributed by atoms with Crippen molar-refractivity contribution in [3.63, 3.8) is 0 Å². The van der Waals surface area contributed by atoms with Crippen molar-refractivity contribution in [2.24, 2.45) is 0 Å².